The van der Waals surface area contributed by atoms with Crippen molar-refractivity contribution < 1.29 is 9.72 Å². The van der Waals surface area contributed by atoms with E-state index in [9.17, 15) is 14.9 Å². The quantitative estimate of drug-likeness (QED) is 0.488. The first kappa shape index (κ1) is 19.5. The molecule has 1 fully saturated rings. The average molecular weight is 407 g/mol. The number of rotatable bonds is 5. The Labute approximate surface area is 172 Å². The van der Waals surface area contributed by atoms with E-state index in [1.165, 1.54) is 6.33 Å². The van der Waals surface area contributed by atoms with E-state index in [2.05, 4.69) is 25.7 Å². The van der Waals surface area contributed by atoms with Gasteiger partial charge in [-0.15, -0.1) is 0 Å². The van der Waals surface area contributed by atoms with E-state index in [0.717, 1.165) is 23.9 Å². The summed E-state index contributed by atoms with van der Waals surface area (Å²) in [6.45, 7) is 2.80. The van der Waals surface area contributed by atoms with E-state index in [1.54, 1.807) is 12.1 Å². The van der Waals surface area contributed by atoms with Gasteiger partial charge >= 0.3 is 5.69 Å². The summed E-state index contributed by atoms with van der Waals surface area (Å²) in [6, 6.07) is 12.9. The highest BCUT2D eigenvalue weighted by atomic mass is 16.6. The number of nitrogens with one attached hydrogen (secondary N) is 2. The summed E-state index contributed by atoms with van der Waals surface area (Å²) in [5.41, 5.74) is 5.34. The number of amides is 1. The molecule has 1 amide bonds. The van der Waals surface area contributed by atoms with Crippen LogP contribution >= 0.6 is 0 Å². The second-order valence-electron chi connectivity index (χ2n) is 7.05. The Morgan fingerprint density at radius 3 is 2.57 bits per heavy atom. The molecule has 3 aromatic rings. The standard InChI is InChI=1S/C20H21N7O3/c1-25-9-11-26(12-10-25)19-17(27(29)30)18(21-13-22-19)23-24-20(28)16-8-4-6-14-5-2-3-7-15(14)16/h2-8,13H,9-12H2,1H3,(H,24,28)(H,21,22,23). The molecule has 0 bridgehead atoms. The molecular weight excluding hydrogens is 386 g/mol. The van der Waals surface area contributed by atoms with Crippen molar-refractivity contribution in [1.82, 2.24) is 20.3 Å². The van der Waals surface area contributed by atoms with E-state index in [-0.39, 0.29) is 17.3 Å². The number of nitrogens with zero attached hydrogens (tertiary/aromatic N) is 5. The zero-order chi connectivity index (χ0) is 21.1. The number of fused-ring (bicyclic) bond motifs is 1. The van der Waals surface area contributed by atoms with E-state index < -0.39 is 10.8 Å². The van der Waals surface area contributed by atoms with Crippen molar-refractivity contribution in [1.29, 1.82) is 0 Å². The van der Waals surface area contributed by atoms with Crippen LogP contribution in [0.25, 0.3) is 10.8 Å². The monoisotopic (exact) mass is 407 g/mol. The number of hydrazine groups is 1. The molecule has 0 radical (unpaired) electrons. The summed E-state index contributed by atoms with van der Waals surface area (Å²) in [5, 5.41) is 13.5. The second kappa shape index (κ2) is 8.29. The van der Waals surface area contributed by atoms with Gasteiger partial charge in [0.25, 0.3) is 5.91 Å². The maximum Gasteiger partial charge on any atom is 0.355 e. The van der Waals surface area contributed by atoms with Crippen molar-refractivity contribution in [2.75, 3.05) is 43.6 Å². The molecule has 2 heterocycles. The van der Waals surface area contributed by atoms with Crippen LogP contribution in [0.2, 0.25) is 0 Å². The predicted octanol–water partition coefficient (Wildman–Crippen LogP) is 2.05. The van der Waals surface area contributed by atoms with Crippen LogP contribution in [0.5, 0.6) is 0 Å². The van der Waals surface area contributed by atoms with Gasteiger partial charge in [0, 0.05) is 31.7 Å². The first-order chi connectivity index (χ1) is 14.5. The zero-order valence-electron chi connectivity index (χ0n) is 16.4. The van der Waals surface area contributed by atoms with Crippen molar-refractivity contribution in [2.24, 2.45) is 0 Å². The normalized spacial score (nSPS) is 14.5. The highest BCUT2D eigenvalue weighted by Gasteiger charge is 2.29. The topological polar surface area (TPSA) is 117 Å². The molecule has 0 saturated carbocycles. The number of aromatic nitrogens is 2. The van der Waals surface area contributed by atoms with Crippen LogP contribution in [0.1, 0.15) is 10.4 Å². The van der Waals surface area contributed by atoms with E-state index in [1.807, 2.05) is 42.3 Å². The highest BCUT2D eigenvalue weighted by Crippen LogP contribution is 2.31. The molecule has 1 aliphatic heterocycles. The van der Waals surface area contributed by atoms with E-state index >= 15 is 0 Å². The summed E-state index contributed by atoms with van der Waals surface area (Å²) in [5.74, 6) is -0.233. The summed E-state index contributed by atoms with van der Waals surface area (Å²) >= 11 is 0. The molecule has 30 heavy (non-hydrogen) atoms. The van der Waals surface area contributed by atoms with Crippen LogP contribution in [0.4, 0.5) is 17.3 Å². The fourth-order valence-corrected chi connectivity index (χ4v) is 3.49. The minimum Gasteiger partial charge on any atom is -0.348 e. The fraction of sp³-hybridized carbons (Fsp3) is 0.250. The summed E-state index contributed by atoms with van der Waals surface area (Å²) in [4.78, 5) is 36.1. The molecule has 4 rings (SSSR count). The van der Waals surface area contributed by atoms with Crippen molar-refractivity contribution in [3.63, 3.8) is 0 Å². The van der Waals surface area contributed by atoms with E-state index in [4.69, 9.17) is 0 Å². The lowest BCUT2D eigenvalue weighted by Gasteiger charge is -2.32. The Hall–Kier alpha value is -3.79. The van der Waals surface area contributed by atoms with Crippen LogP contribution in [-0.2, 0) is 0 Å². The first-order valence-corrected chi connectivity index (χ1v) is 9.51. The second-order valence-corrected chi connectivity index (χ2v) is 7.05. The van der Waals surface area contributed by atoms with Gasteiger partial charge in [-0.25, -0.2) is 9.97 Å². The molecule has 2 aromatic carbocycles. The van der Waals surface area contributed by atoms with Crippen LogP contribution < -0.4 is 15.8 Å². The van der Waals surface area contributed by atoms with Gasteiger partial charge in [0.2, 0.25) is 11.6 Å². The number of anilines is 2. The van der Waals surface area contributed by atoms with Gasteiger partial charge in [-0.1, -0.05) is 36.4 Å². The molecule has 1 saturated heterocycles. The number of nitro groups is 1. The Balaban J connectivity index is 1.58. The van der Waals surface area contributed by atoms with Crippen molar-refractivity contribution in [3.05, 3.63) is 64.5 Å². The maximum absolute atomic E-state index is 12.7. The predicted molar refractivity (Wildman–Crippen MR) is 113 cm³/mol. The summed E-state index contributed by atoms with van der Waals surface area (Å²) in [6.07, 6.45) is 1.26. The summed E-state index contributed by atoms with van der Waals surface area (Å²) in [7, 11) is 2.00. The van der Waals surface area contributed by atoms with Gasteiger partial charge < -0.3 is 9.80 Å². The molecular formula is C20H21N7O3. The van der Waals surface area contributed by atoms with Crippen LogP contribution in [0, 0.1) is 10.1 Å². The lowest BCUT2D eigenvalue weighted by atomic mass is 10.0. The van der Waals surface area contributed by atoms with Crippen molar-refractivity contribution in [2.45, 2.75) is 0 Å². The van der Waals surface area contributed by atoms with Gasteiger partial charge in [0.15, 0.2) is 0 Å². The van der Waals surface area contributed by atoms with Crippen LogP contribution in [0.3, 0.4) is 0 Å². The van der Waals surface area contributed by atoms with Crippen molar-refractivity contribution >= 4 is 34.0 Å². The third kappa shape index (κ3) is 3.85. The Morgan fingerprint density at radius 1 is 1.07 bits per heavy atom. The molecule has 0 aliphatic carbocycles. The fourth-order valence-electron chi connectivity index (χ4n) is 3.49. The SMILES string of the molecule is CN1CCN(c2ncnc(NNC(=O)c3cccc4ccccc34)c2[N+](=O)[O-])CC1. The number of carbonyl (C=O) groups excluding carboxylic acids is 1. The van der Waals surface area contributed by atoms with Crippen molar-refractivity contribution in [3.8, 4) is 0 Å². The largest absolute Gasteiger partial charge is 0.355 e. The van der Waals surface area contributed by atoms with Gasteiger partial charge in [-0.2, -0.15) is 0 Å². The third-order valence-electron chi connectivity index (χ3n) is 5.12. The molecule has 0 unspecified atom stereocenters. The van der Waals surface area contributed by atoms with E-state index in [0.29, 0.717) is 18.7 Å². The highest BCUT2D eigenvalue weighted by molar-refractivity contribution is 6.07. The van der Waals surface area contributed by atoms with Crippen LogP contribution in [0.15, 0.2) is 48.8 Å². The lowest BCUT2D eigenvalue weighted by Crippen LogP contribution is -2.45. The smallest absolute Gasteiger partial charge is 0.348 e. The molecule has 10 heteroatoms. The minimum absolute atomic E-state index is 0.0579. The molecule has 154 valence electrons. The van der Waals surface area contributed by atoms with Gasteiger partial charge in [0.05, 0.1) is 4.92 Å². The maximum atomic E-state index is 12.7. The van der Waals surface area contributed by atoms with Gasteiger partial charge in [0.1, 0.15) is 6.33 Å². The summed E-state index contributed by atoms with van der Waals surface area (Å²) < 4.78 is 0. The Bertz CT molecular complexity index is 1090. The Kier molecular flexibility index (Phi) is 5.40. The third-order valence-corrected chi connectivity index (χ3v) is 5.12. The molecule has 2 N–H and O–H groups in total. The number of hydrogen-bond donors (Lipinski definition) is 2. The molecule has 0 atom stereocenters. The Morgan fingerprint density at radius 2 is 1.80 bits per heavy atom. The molecule has 1 aromatic heterocycles. The number of hydrogen-bond acceptors (Lipinski definition) is 8. The lowest BCUT2D eigenvalue weighted by molar-refractivity contribution is -0.383. The number of piperazine rings is 1. The average Bonchev–Trinajstić information content (AvgIpc) is 2.77. The van der Waals surface area contributed by atoms with Gasteiger partial charge in [-0.3, -0.25) is 25.8 Å². The molecule has 10 nitrogen and oxygen atoms in total. The minimum atomic E-state index is -0.528. The van der Waals surface area contributed by atoms with Crippen LogP contribution in [-0.4, -0.2) is 58.9 Å². The number of benzene rings is 2. The zero-order valence-corrected chi connectivity index (χ0v) is 16.4. The number of likely N-dealkylation sites (N-methyl/N-ethyl adjacent to an activating group) is 1. The molecule has 0 spiro atoms. The molecule has 1 aliphatic rings. The van der Waals surface area contributed by atoms with Gasteiger partial charge in [-0.05, 0) is 23.9 Å². The number of carbonyl (C=O) groups is 1. The first-order valence-electron chi connectivity index (χ1n) is 9.51.